The molecular formula is C15H28N4. The standard InChI is InChI=1S/C15H28N4/c1-15(2,3)13-6-5-11(9-16)12(7-13)8-14-10-19(4)18-17-14/h10-13H,5-9,16H2,1-4H3. The van der Waals surface area contributed by atoms with Gasteiger partial charge in [-0.2, -0.15) is 0 Å². The van der Waals surface area contributed by atoms with Crippen molar-refractivity contribution in [1.82, 2.24) is 15.0 Å². The first-order valence-corrected chi connectivity index (χ1v) is 7.45. The van der Waals surface area contributed by atoms with E-state index in [2.05, 4.69) is 31.1 Å². The van der Waals surface area contributed by atoms with Crippen molar-refractivity contribution in [2.45, 2.75) is 46.5 Å². The van der Waals surface area contributed by atoms with Crippen LogP contribution in [0.1, 0.15) is 45.7 Å². The lowest BCUT2D eigenvalue weighted by Crippen LogP contribution is -2.36. The molecule has 3 atom stereocenters. The molecule has 1 saturated carbocycles. The summed E-state index contributed by atoms with van der Waals surface area (Å²) in [5.41, 5.74) is 7.48. The smallest absolute Gasteiger partial charge is 0.0829 e. The van der Waals surface area contributed by atoms with Gasteiger partial charge in [0.25, 0.3) is 0 Å². The van der Waals surface area contributed by atoms with E-state index in [0.29, 0.717) is 17.3 Å². The molecule has 1 aromatic heterocycles. The fourth-order valence-corrected chi connectivity index (χ4v) is 3.43. The molecule has 0 amide bonds. The van der Waals surface area contributed by atoms with Crippen LogP contribution in [-0.2, 0) is 13.5 Å². The van der Waals surface area contributed by atoms with Gasteiger partial charge in [-0.25, -0.2) is 0 Å². The number of hydrogen-bond acceptors (Lipinski definition) is 3. The van der Waals surface area contributed by atoms with Crippen molar-refractivity contribution in [3.63, 3.8) is 0 Å². The Bertz CT molecular complexity index is 405. The zero-order valence-corrected chi connectivity index (χ0v) is 12.8. The lowest BCUT2D eigenvalue weighted by Gasteiger charge is -2.41. The van der Waals surface area contributed by atoms with Crippen molar-refractivity contribution in [3.8, 4) is 0 Å². The highest BCUT2D eigenvalue weighted by Gasteiger charge is 2.35. The second-order valence-electron chi connectivity index (χ2n) is 7.22. The van der Waals surface area contributed by atoms with Gasteiger partial charge in [-0.05, 0) is 55.4 Å². The SMILES string of the molecule is Cn1cc(CC2CC(C(C)(C)C)CCC2CN)nn1. The molecule has 0 bridgehead atoms. The number of nitrogens with two attached hydrogens (primary N) is 1. The molecule has 0 aliphatic heterocycles. The summed E-state index contributed by atoms with van der Waals surface area (Å²) < 4.78 is 1.79. The molecule has 4 heteroatoms. The van der Waals surface area contributed by atoms with Crippen LogP contribution >= 0.6 is 0 Å². The highest BCUT2D eigenvalue weighted by Crippen LogP contribution is 2.43. The van der Waals surface area contributed by atoms with E-state index >= 15 is 0 Å². The number of aryl methyl sites for hydroxylation is 1. The normalized spacial score (nSPS) is 28.6. The number of hydrogen-bond donors (Lipinski definition) is 1. The monoisotopic (exact) mass is 264 g/mol. The molecule has 3 unspecified atom stereocenters. The Morgan fingerprint density at radius 3 is 2.58 bits per heavy atom. The van der Waals surface area contributed by atoms with Crippen LogP contribution in [0.5, 0.6) is 0 Å². The molecule has 0 aromatic carbocycles. The van der Waals surface area contributed by atoms with Gasteiger partial charge in [-0.3, -0.25) is 4.68 Å². The topological polar surface area (TPSA) is 56.7 Å². The predicted octanol–water partition coefficient (Wildman–Crippen LogP) is 2.39. The van der Waals surface area contributed by atoms with E-state index in [-0.39, 0.29) is 0 Å². The number of rotatable bonds is 3. The molecule has 0 radical (unpaired) electrons. The van der Waals surface area contributed by atoms with Gasteiger partial charge < -0.3 is 5.73 Å². The molecule has 1 heterocycles. The minimum absolute atomic E-state index is 0.403. The Kier molecular flexibility index (Phi) is 4.29. The van der Waals surface area contributed by atoms with Crippen molar-refractivity contribution in [2.75, 3.05) is 6.54 Å². The van der Waals surface area contributed by atoms with Crippen LogP contribution in [0.15, 0.2) is 6.20 Å². The van der Waals surface area contributed by atoms with Crippen LogP contribution in [0.25, 0.3) is 0 Å². The van der Waals surface area contributed by atoms with Crippen LogP contribution in [0.2, 0.25) is 0 Å². The minimum Gasteiger partial charge on any atom is -0.330 e. The maximum Gasteiger partial charge on any atom is 0.0829 e. The summed E-state index contributed by atoms with van der Waals surface area (Å²) in [6, 6.07) is 0. The summed E-state index contributed by atoms with van der Waals surface area (Å²) >= 11 is 0. The van der Waals surface area contributed by atoms with Gasteiger partial charge in [-0.1, -0.05) is 26.0 Å². The van der Waals surface area contributed by atoms with Crippen molar-refractivity contribution >= 4 is 0 Å². The number of aromatic nitrogens is 3. The summed E-state index contributed by atoms with van der Waals surface area (Å²) in [4.78, 5) is 0. The van der Waals surface area contributed by atoms with E-state index < -0.39 is 0 Å². The maximum atomic E-state index is 5.97. The molecule has 108 valence electrons. The molecule has 1 aliphatic carbocycles. The fraction of sp³-hybridized carbons (Fsp3) is 0.867. The van der Waals surface area contributed by atoms with Gasteiger partial charge in [0.15, 0.2) is 0 Å². The first kappa shape index (κ1) is 14.5. The highest BCUT2D eigenvalue weighted by molar-refractivity contribution is 4.97. The average Bonchev–Trinajstić information content (AvgIpc) is 2.73. The van der Waals surface area contributed by atoms with E-state index in [9.17, 15) is 0 Å². The maximum absolute atomic E-state index is 5.97. The van der Waals surface area contributed by atoms with E-state index in [1.165, 1.54) is 19.3 Å². The van der Waals surface area contributed by atoms with Crippen molar-refractivity contribution in [2.24, 2.45) is 36.0 Å². The van der Waals surface area contributed by atoms with Crippen LogP contribution < -0.4 is 5.73 Å². The van der Waals surface area contributed by atoms with Gasteiger partial charge in [0.05, 0.1) is 5.69 Å². The Balaban J connectivity index is 2.05. The molecule has 0 spiro atoms. The van der Waals surface area contributed by atoms with E-state index in [0.717, 1.165) is 24.6 Å². The molecular weight excluding hydrogens is 236 g/mol. The summed E-state index contributed by atoms with van der Waals surface area (Å²) in [6.07, 6.45) is 6.93. The minimum atomic E-state index is 0.403. The summed E-state index contributed by atoms with van der Waals surface area (Å²) in [7, 11) is 1.93. The molecule has 2 rings (SSSR count). The summed E-state index contributed by atoms with van der Waals surface area (Å²) in [6.45, 7) is 7.89. The van der Waals surface area contributed by atoms with Crippen LogP contribution in [0.4, 0.5) is 0 Å². The third-order valence-electron chi connectivity index (χ3n) is 4.79. The third-order valence-corrected chi connectivity index (χ3v) is 4.79. The van der Waals surface area contributed by atoms with Gasteiger partial charge >= 0.3 is 0 Å². The highest BCUT2D eigenvalue weighted by atomic mass is 15.4. The van der Waals surface area contributed by atoms with Gasteiger partial charge in [0, 0.05) is 13.2 Å². The molecule has 2 N–H and O–H groups in total. The average molecular weight is 264 g/mol. The Morgan fingerprint density at radius 1 is 1.32 bits per heavy atom. The van der Waals surface area contributed by atoms with E-state index in [1.54, 1.807) is 4.68 Å². The third kappa shape index (κ3) is 3.56. The number of nitrogens with zero attached hydrogens (tertiary/aromatic N) is 3. The van der Waals surface area contributed by atoms with Crippen molar-refractivity contribution in [3.05, 3.63) is 11.9 Å². The Morgan fingerprint density at radius 2 is 2.05 bits per heavy atom. The second kappa shape index (κ2) is 5.61. The molecule has 1 fully saturated rings. The van der Waals surface area contributed by atoms with E-state index in [4.69, 9.17) is 5.73 Å². The van der Waals surface area contributed by atoms with Crippen molar-refractivity contribution < 1.29 is 0 Å². The first-order chi connectivity index (χ1) is 8.90. The van der Waals surface area contributed by atoms with E-state index in [1.807, 2.05) is 13.2 Å². The van der Waals surface area contributed by atoms with Crippen LogP contribution in [0.3, 0.4) is 0 Å². The molecule has 1 aromatic rings. The lowest BCUT2D eigenvalue weighted by atomic mass is 9.64. The second-order valence-corrected chi connectivity index (χ2v) is 7.22. The van der Waals surface area contributed by atoms with Gasteiger partial charge in [0.1, 0.15) is 0 Å². The first-order valence-electron chi connectivity index (χ1n) is 7.45. The zero-order valence-electron chi connectivity index (χ0n) is 12.8. The van der Waals surface area contributed by atoms with Gasteiger partial charge in [0.2, 0.25) is 0 Å². The van der Waals surface area contributed by atoms with Crippen LogP contribution in [-0.4, -0.2) is 21.5 Å². The predicted molar refractivity (Wildman–Crippen MR) is 77.5 cm³/mol. The lowest BCUT2D eigenvalue weighted by molar-refractivity contribution is 0.101. The molecule has 0 saturated heterocycles. The molecule has 4 nitrogen and oxygen atoms in total. The largest absolute Gasteiger partial charge is 0.330 e. The van der Waals surface area contributed by atoms with Gasteiger partial charge in [-0.15, -0.1) is 5.10 Å². The fourth-order valence-electron chi connectivity index (χ4n) is 3.43. The molecule has 19 heavy (non-hydrogen) atoms. The van der Waals surface area contributed by atoms with Crippen molar-refractivity contribution in [1.29, 1.82) is 0 Å². The van der Waals surface area contributed by atoms with Crippen LogP contribution in [0, 0.1) is 23.2 Å². The molecule has 1 aliphatic rings. The summed E-state index contributed by atoms with van der Waals surface area (Å²) in [5.74, 6) is 2.12. The zero-order chi connectivity index (χ0) is 14.0. The Hall–Kier alpha value is -0.900. The Labute approximate surface area is 116 Å². The summed E-state index contributed by atoms with van der Waals surface area (Å²) in [5, 5.41) is 8.27. The quantitative estimate of drug-likeness (QED) is 0.912.